The minimum Gasteiger partial charge on any atom is -0.408 e. The standard InChI is InChI=1S/C12H10N2O3S/c15-4-3-8-6-18-11(13-8)7-1-2-9-10(5-7)17-12(16)14-9/h1-2,5-6,15H,3-4H2,(H,14,16). The van der Waals surface area contributed by atoms with Crippen molar-refractivity contribution in [3.63, 3.8) is 0 Å². The topological polar surface area (TPSA) is 79.1 Å². The third-order valence-corrected chi connectivity index (χ3v) is 3.53. The predicted molar refractivity (Wildman–Crippen MR) is 68.7 cm³/mol. The highest BCUT2D eigenvalue weighted by molar-refractivity contribution is 7.13. The molecule has 0 bridgehead atoms. The molecule has 0 fully saturated rings. The van der Waals surface area contributed by atoms with Gasteiger partial charge in [0.15, 0.2) is 5.58 Å². The van der Waals surface area contributed by atoms with Gasteiger partial charge in [-0.15, -0.1) is 11.3 Å². The molecule has 1 aromatic carbocycles. The lowest BCUT2D eigenvalue weighted by molar-refractivity contribution is 0.298. The Kier molecular flexibility index (Phi) is 2.73. The molecule has 3 aromatic rings. The zero-order valence-corrected chi connectivity index (χ0v) is 10.2. The van der Waals surface area contributed by atoms with Gasteiger partial charge in [-0.2, -0.15) is 0 Å². The van der Waals surface area contributed by atoms with Gasteiger partial charge in [-0.05, 0) is 18.2 Å². The van der Waals surface area contributed by atoms with E-state index >= 15 is 0 Å². The van der Waals surface area contributed by atoms with Gasteiger partial charge < -0.3 is 9.52 Å². The van der Waals surface area contributed by atoms with Gasteiger partial charge in [-0.25, -0.2) is 9.78 Å². The van der Waals surface area contributed by atoms with E-state index in [0.717, 1.165) is 16.3 Å². The van der Waals surface area contributed by atoms with Crippen molar-refractivity contribution >= 4 is 22.4 Å². The summed E-state index contributed by atoms with van der Waals surface area (Å²) in [6.45, 7) is 0.0922. The molecule has 0 amide bonds. The number of oxazole rings is 1. The van der Waals surface area contributed by atoms with Crippen LogP contribution >= 0.6 is 11.3 Å². The number of aromatic nitrogens is 2. The summed E-state index contributed by atoms with van der Waals surface area (Å²) in [5.41, 5.74) is 2.97. The molecular formula is C12H10N2O3S. The van der Waals surface area contributed by atoms with E-state index in [0.29, 0.717) is 17.5 Å². The Bertz CT molecular complexity index is 741. The Labute approximate surface area is 106 Å². The summed E-state index contributed by atoms with van der Waals surface area (Å²) in [5, 5.41) is 11.6. The van der Waals surface area contributed by atoms with Crippen molar-refractivity contribution in [1.29, 1.82) is 0 Å². The van der Waals surface area contributed by atoms with Gasteiger partial charge >= 0.3 is 5.76 Å². The van der Waals surface area contributed by atoms with Crippen molar-refractivity contribution in [2.45, 2.75) is 6.42 Å². The SMILES string of the molecule is O=c1[nH]c2ccc(-c3nc(CCO)cs3)cc2o1. The highest BCUT2D eigenvalue weighted by Crippen LogP contribution is 2.26. The molecule has 3 rings (SSSR count). The van der Waals surface area contributed by atoms with Crippen LogP contribution in [0.4, 0.5) is 0 Å². The number of fused-ring (bicyclic) bond motifs is 1. The van der Waals surface area contributed by atoms with Crippen molar-refractivity contribution in [2.75, 3.05) is 6.61 Å². The van der Waals surface area contributed by atoms with E-state index in [1.807, 2.05) is 11.4 Å². The smallest absolute Gasteiger partial charge is 0.408 e. The van der Waals surface area contributed by atoms with Crippen LogP contribution in [0.3, 0.4) is 0 Å². The van der Waals surface area contributed by atoms with Crippen LogP contribution in [0.2, 0.25) is 0 Å². The number of nitrogens with zero attached hydrogens (tertiary/aromatic N) is 1. The first-order chi connectivity index (χ1) is 8.76. The number of aliphatic hydroxyl groups excluding tert-OH is 1. The van der Waals surface area contributed by atoms with Gasteiger partial charge in [-0.3, -0.25) is 4.98 Å². The number of H-pyrrole nitrogens is 1. The van der Waals surface area contributed by atoms with Crippen molar-refractivity contribution in [3.8, 4) is 10.6 Å². The van der Waals surface area contributed by atoms with Crippen molar-refractivity contribution in [1.82, 2.24) is 9.97 Å². The fourth-order valence-electron chi connectivity index (χ4n) is 1.75. The van der Waals surface area contributed by atoms with Crippen LogP contribution in [0.1, 0.15) is 5.69 Å². The van der Waals surface area contributed by atoms with Crippen LogP contribution in [0.25, 0.3) is 21.7 Å². The minimum atomic E-state index is -0.456. The summed E-state index contributed by atoms with van der Waals surface area (Å²) in [7, 11) is 0. The molecule has 6 heteroatoms. The first-order valence-corrected chi connectivity index (χ1v) is 6.33. The number of thiazole rings is 1. The maximum Gasteiger partial charge on any atom is 0.417 e. The van der Waals surface area contributed by atoms with E-state index in [9.17, 15) is 4.79 Å². The second-order valence-corrected chi connectivity index (χ2v) is 4.70. The fraction of sp³-hybridized carbons (Fsp3) is 0.167. The monoisotopic (exact) mass is 262 g/mol. The van der Waals surface area contributed by atoms with Crippen molar-refractivity contribution in [3.05, 3.63) is 39.8 Å². The lowest BCUT2D eigenvalue weighted by atomic mass is 10.2. The Morgan fingerprint density at radius 2 is 2.33 bits per heavy atom. The summed E-state index contributed by atoms with van der Waals surface area (Å²) in [6, 6.07) is 5.47. The van der Waals surface area contributed by atoms with Crippen LogP contribution in [-0.2, 0) is 6.42 Å². The number of aromatic amines is 1. The molecule has 0 saturated heterocycles. The number of aliphatic hydroxyl groups is 1. The lowest BCUT2D eigenvalue weighted by Gasteiger charge is -1.95. The summed E-state index contributed by atoms with van der Waals surface area (Å²) < 4.78 is 5.01. The molecule has 0 unspecified atom stereocenters. The molecule has 18 heavy (non-hydrogen) atoms. The number of benzene rings is 1. The number of rotatable bonds is 3. The normalized spacial score (nSPS) is 11.2. The molecule has 0 saturated carbocycles. The maximum atomic E-state index is 11.1. The minimum absolute atomic E-state index is 0.0922. The molecular weight excluding hydrogens is 252 g/mol. The molecule has 0 aliphatic carbocycles. The highest BCUT2D eigenvalue weighted by Gasteiger charge is 2.07. The number of hydrogen-bond acceptors (Lipinski definition) is 5. The summed E-state index contributed by atoms with van der Waals surface area (Å²) in [6.07, 6.45) is 0.554. The molecule has 92 valence electrons. The second kappa shape index (κ2) is 4.40. The first kappa shape index (κ1) is 11.2. The molecule has 2 aromatic heterocycles. The lowest BCUT2D eigenvalue weighted by Crippen LogP contribution is -1.92. The van der Waals surface area contributed by atoms with Gasteiger partial charge in [0.1, 0.15) is 5.01 Å². The van der Waals surface area contributed by atoms with E-state index in [4.69, 9.17) is 9.52 Å². The van der Waals surface area contributed by atoms with Gasteiger partial charge in [0, 0.05) is 24.0 Å². The summed E-state index contributed by atoms with van der Waals surface area (Å²) in [5.74, 6) is -0.456. The Hall–Kier alpha value is -1.92. The predicted octanol–water partition coefficient (Wildman–Crippen LogP) is 1.78. The number of nitrogens with one attached hydrogen (secondary N) is 1. The van der Waals surface area contributed by atoms with Crippen molar-refractivity contribution in [2.24, 2.45) is 0 Å². The van der Waals surface area contributed by atoms with Gasteiger partial charge in [0.2, 0.25) is 0 Å². The van der Waals surface area contributed by atoms with E-state index in [1.165, 1.54) is 11.3 Å². The number of hydrogen-bond donors (Lipinski definition) is 2. The largest absolute Gasteiger partial charge is 0.417 e. The van der Waals surface area contributed by atoms with Crippen LogP contribution in [0.15, 0.2) is 32.8 Å². The van der Waals surface area contributed by atoms with E-state index in [1.54, 1.807) is 12.1 Å². The van der Waals surface area contributed by atoms with Crippen LogP contribution in [0, 0.1) is 0 Å². The molecule has 0 atom stereocenters. The molecule has 2 heterocycles. The maximum absolute atomic E-state index is 11.1. The Balaban J connectivity index is 2.04. The Morgan fingerprint density at radius 3 is 3.17 bits per heavy atom. The molecule has 5 nitrogen and oxygen atoms in total. The molecule has 0 spiro atoms. The Morgan fingerprint density at radius 1 is 1.44 bits per heavy atom. The van der Waals surface area contributed by atoms with Crippen molar-refractivity contribution < 1.29 is 9.52 Å². The average molecular weight is 262 g/mol. The molecule has 0 radical (unpaired) electrons. The molecule has 0 aliphatic rings. The fourth-order valence-corrected chi connectivity index (χ4v) is 2.60. The van der Waals surface area contributed by atoms with Gasteiger partial charge in [0.25, 0.3) is 0 Å². The highest BCUT2D eigenvalue weighted by atomic mass is 32.1. The summed E-state index contributed by atoms with van der Waals surface area (Å²) in [4.78, 5) is 18.1. The first-order valence-electron chi connectivity index (χ1n) is 5.45. The third kappa shape index (κ3) is 1.96. The van der Waals surface area contributed by atoms with Crippen LogP contribution in [-0.4, -0.2) is 21.7 Å². The van der Waals surface area contributed by atoms with E-state index < -0.39 is 5.76 Å². The zero-order valence-electron chi connectivity index (χ0n) is 9.34. The van der Waals surface area contributed by atoms with Gasteiger partial charge in [-0.1, -0.05) is 0 Å². The van der Waals surface area contributed by atoms with Crippen LogP contribution in [0.5, 0.6) is 0 Å². The quantitative estimate of drug-likeness (QED) is 0.754. The van der Waals surface area contributed by atoms with Gasteiger partial charge in [0.05, 0.1) is 11.2 Å². The van der Waals surface area contributed by atoms with E-state index in [2.05, 4.69) is 9.97 Å². The molecule has 2 N–H and O–H groups in total. The molecule has 0 aliphatic heterocycles. The zero-order chi connectivity index (χ0) is 12.5. The summed E-state index contributed by atoms with van der Waals surface area (Å²) >= 11 is 1.51. The van der Waals surface area contributed by atoms with E-state index in [-0.39, 0.29) is 6.61 Å². The second-order valence-electron chi connectivity index (χ2n) is 3.84. The average Bonchev–Trinajstić information content (AvgIpc) is 2.93. The van der Waals surface area contributed by atoms with Crippen LogP contribution < -0.4 is 5.76 Å². The third-order valence-electron chi connectivity index (χ3n) is 2.59.